The number of hydrogen-bond acceptors (Lipinski definition) is 1. The zero-order valence-corrected chi connectivity index (χ0v) is 29.0. The summed E-state index contributed by atoms with van der Waals surface area (Å²) in [4.78, 5) is 5.94. The van der Waals surface area contributed by atoms with Crippen molar-refractivity contribution in [3.05, 3.63) is 175 Å². The largest absolute Gasteiger partial charge is 0.412 e. The minimum Gasteiger partial charge on any atom is -0.412 e. The maximum absolute atomic E-state index is 3.55. The second-order valence-corrected chi connectivity index (χ2v) is 13.1. The summed E-state index contributed by atoms with van der Waals surface area (Å²) in [6.07, 6.45) is 0. The van der Waals surface area contributed by atoms with Crippen molar-refractivity contribution < 1.29 is 6.90 Å². The molecule has 9 rings (SSSR count). The fraction of sp³-hybridized carbons (Fsp3) is 0.106. The lowest BCUT2D eigenvalue weighted by Gasteiger charge is -2.28. The van der Waals surface area contributed by atoms with Crippen LogP contribution in [0.25, 0.3) is 55.2 Å². The van der Waals surface area contributed by atoms with Gasteiger partial charge in [-0.2, -0.15) is 0 Å². The van der Waals surface area contributed by atoms with Crippen LogP contribution in [0, 0.1) is 0 Å². The van der Waals surface area contributed by atoms with Crippen molar-refractivity contribution in [2.75, 3.05) is 4.90 Å². The first-order valence-corrected chi connectivity index (χ1v) is 17.4. The molecule has 248 valence electrons. The molecule has 7 aromatic carbocycles. The predicted octanol–water partition coefficient (Wildman–Crippen LogP) is 12.9. The van der Waals surface area contributed by atoms with E-state index in [1.165, 1.54) is 66.3 Å². The standard InChI is InChI=1S/C45H34N2.C2H6.H2O.H2/c1-45(2)41-14-8-6-12-37(41)38-26-25-36(29-42(38)45)47(34-21-16-31(17-22-34)30-10-4-3-5-11-30)35-23-18-32(19-24-35)33-20-27-44-40(28-33)39-13-7-9-15-43(39)46-44;1-2;;/h3-29,46H,1-2H3;1-2H3;1H2;1H. The summed E-state index contributed by atoms with van der Waals surface area (Å²) in [5, 5.41) is 2.51. The van der Waals surface area contributed by atoms with E-state index in [-0.39, 0.29) is 12.3 Å². The summed E-state index contributed by atoms with van der Waals surface area (Å²) in [6.45, 7) is 8.69. The normalized spacial score (nSPS) is 12.4. The molecule has 0 fully saturated rings. The van der Waals surface area contributed by atoms with E-state index in [2.05, 4.69) is 188 Å². The third-order valence-corrected chi connectivity index (χ3v) is 10.0. The number of hydrogen-bond donors (Lipinski definition) is 1. The molecule has 1 aliphatic rings. The van der Waals surface area contributed by atoms with Gasteiger partial charge in [-0.1, -0.05) is 137 Å². The molecule has 0 amide bonds. The van der Waals surface area contributed by atoms with Gasteiger partial charge in [-0.15, -0.1) is 0 Å². The molecule has 1 aliphatic carbocycles. The van der Waals surface area contributed by atoms with Gasteiger partial charge in [-0.05, 0) is 99.1 Å². The van der Waals surface area contributed by atoms with E-state index in [4.69, 9.17) is 0 Å². The summed E-state index contributed by atoms with van der Waals surface area (Å²) >= 11 is 0. The van der Waals surface area contributed by atoms with E-state index in [1.807, 2.05) is 13.8 Å². The minimum absolute atomic E-state index is 0. The maximum Gasteiger partial charge on any atom is 0.0465 e. The molecule has 3 N–H and O–H groups in total. The highest BCUT2D eigenvalue weighted by atomic mass is 16.0. The van der Waals surface area contributed by atoms with Gasteiger partial charge < -0.3 is 15.4 Å². The highest BCUT2D eigenvalue weighted by Gasteiger charge is 2.35. The van der Waals surface area contributed by atoms with E-state index in [9.17, 15) is 0 Å². The maximum atomic E-state index is 3.55. The third-order valence-electron chi connectivity index (χ3n) is 10.0. The van der Waals surface area contributed by atoms with Crippen LogP contribution in [0.5, 0.6) is 0 Å². The quantitative estimate of drug-likeness (QED) is 0.198. The molecule has 8 aromatic rings. The third kappa shape index (κ3) is 5.46. The number of anilines is 3. The zero-order chi connectivity index (χ0) is 33.5. The van der Waals surface area contributed by atoms with Gasteiger partial charge in [0.2, 0.25) is 0 Å². The molecular formula is C47H44N2O. The first-order chi connectivity index (χ1) is 24.0. The summed E-state index contributed by atoms with van der Waals surface area (Å²) in [6, 6.07) is 59.6. The number of aromatic nitrogens is 1. The second kappa shape index (κ2) is 13.2. The van der Waals surface area contributed by atoms with Gasteiger partial charge in [0.05, 0.1) is 0 Å². The molecule has 0 bridgehead atoms. The Morgan fingerprint density at radius 3 is 1.68 bits per heavy atom. The minimum atomic E-state index is -0.0737. The van der Waals surface area contributed by atoms with Gasteiger partial charge >= 0.3 is 0 Å². The van der Waals surface area contributed by atoms with Crippen LogP contribution in [0.3, 0.4) is 0 Å². The summed E-state index contributed by atoms with van der Waals surface area (Å²) < 4.78 is 0. The Kier molecular flexibility index (Phi) is 8.61. The van der Waals surface area contributed by atoms with E-state index >= 15 is 0 Å². The van der Waals surface area contributed by atoms with Crippen molar-refractivity contribution in [3.8, 4) is 33.4 Å². The molecule has 50 heavy (non-hydrogen) atoms. The number of rotatable bonds is 5. The molecule has 3 heteroatoms. The van der Waals surface area contributed by atoms with E-state index in [0.717, 1.165) is 17.1 Å². The second-order valence-electron chi connectivity index (χ2n) is 13.1. The topological polar surface area (TPSA) is 50.5 Å². The number of H-pyrrole nitrogens is 1. The first-order valence-electron chi connectivity index (χ1n) is 17.4. The van der Waals surface area contributed by atoms with Gasteiger partial charge in [0.25, 0.3) is 0 Å². The predicted molar refractivity (Wildman–Crippen MR) is 216 cm³/mol. The highest BCUT2D eigenvalue weighted by molar-refractivity contribution is 6.08. The average molecular weight is 653 g/mol. The van der Waals surface area contributed by atoms with Gasteiger partial charge in [0.15, 0.2) is 0 Å². The Morgan fingerprint density at radius 2 is 0.960 bits per heavy atom. The molecule has 0 radical (unpaired) electrons. The number of para-hydroxylation sites is 1. The van der Waals surface area contributed by atoms with Gasteiger partial charge in [0.1, 0.15) is 0 Å². The molecule has 1 aromatic heterocycles. The number of fused-ring (bicyclic) bond motifs is 6. The number of aromatic amines is 1. The van der Waals surface area contributed by atoms with Crippen LogP contribution < -0.4 is 4.90 Å². The van der Waals surface area contributed by atoms with Crippen LogP contribution in [-0.4, -0.2) is 10.5 Å². The smallest absolute Gasteiger partial charge is 0.0465 e. The van der Waals surface area contributed by atoms with Crippen LogP contribution in [0.2, 0.25) is 0 Å². The molecule has 0 aliphatic heterocycles. The Morgan fingerprint density at radius 1 is 0.440 bits per heavy atom. The van der Waals surface area contributed by atoms with Gasteiger partial charge in [-0.3, -0.25) is 0 Å². The molecular weight excluding hydrogens is 609 g/mol. The van der Waals surface area contributed by atoms with E-state index in [0.29, 0.717) is 0 Å². The summed E-state index contributed by atoms with van der Waals surface area (Å²) in [5.74, 6) is 0. The average Bonchev–Trinajstić information content (AvgIpc) is 3.65. The van der Waals surface area contributed by atoms with Crippen LogP contribution in [0.1, 0.15) is 40.2 Å². The SMILES string of the molecule is CC.CC1(C)c2ccccc2-c2ccc(N(c3ccc(-c4ccccc4)cc3)c3ccc(-c4ccc5[nH]c6ccccc6c5c4)cc3)cc21.O.[HH]. The Bertz CT molecular complexity index is 2430. The van der Waals surface area contributed by atoms with Crippen molar-refractivity contribution in [1.29, 1.82) is 0 Å². The van der Waals surface area contributed by atoms with E-state index < -0.39 is 0 Å². The molecule has 0 saturated carbocycles. The highest BCUT2D eigenvalue weighted by Crippen LogP contribution is 2.50. The molecule has 0 atom stereocenters. The lowest BCUT2D eigenvalue weighted by Crippen LogP contribution is -2.16. The fourth-order valence-electron chi connectivity index (χ4n) is 7.54. The Hall–Kier alpha value is -5.90. The Balaban J connectivity index is 0.00000110. The van der Waals surface area contributed by atoms with Crippen LogP contribution in [0.15, 0.2) is 164 Å². The van der Waals surface area contributed by atoms with Crippen molar-refractivity contribution in [2.45, 2.75) is 33.1 Å². The van der Waals surface area contributed by atoms with Crippen LogP contribution in [-0.2, 0) is 5.41 Å². The number of nitrogens with zero attached hydrogens (tertiary/aromatic N) is 1. The van der Waals surface area contributed by atoms with Gasteiger partial charge in [-0.25, -0.2) is 0 Å². The summed E-state index contributed by atoms with van der Waals surface area (Å²) in [7, 11) is 0. The molecule has 0 unspecified atom stereocenters. The van der Waals surface area contributed by atoms with Crippen molar-refractivity contribution >= 4 is 38.9 Å². The molecule has 0 saturated heterocycles. The van der Waals surface area contributed by atoms with Gasteiger partial charge in [0, 0.05) is 45.7 Å². The fourth-order valence-corrected chi connectivity index (χ4v) is 7.54. The molecule has 1 heterocycles. The lowest BCUT2D eigenvalue weighted by atomic mass is 9.82. The van der Waals surface area contributed by atoms with Crippen molar-refractivity contribution in [3.63, 3.8) is 0 Å². The lowest BCUT2D eigenvalue weighted by molar-refractivity contribution is 0.660. The van der Waals surface area contributed by atoms with Crippen LogP contribution in [0.4, 0.5) is 17.1 Å². The zero-order valence-electron chi connectivity index (χ0n) is 29.0. The molecule has 0 spiro atoms. The molecule has 3 nitrogen and oxygen atoms in total. The summed E-state index contributed by atoms with van der Waals surface area (Å²) in [5.41, 5.74) is 16.0. The van der Waals surface area contributed by atoms with Crippen molar-refractivity contribution in [2.24, 2.45) is 0 Å². The number of nitrogens with one attached hydrogen (secondary N) is 1. The monoisotopic (exact) mass is 652 g/mol. The van der Waals surface area contributed by atoms with Crippen molar-refractivity contribution in [1.82, 2.24) is 4.98 Å². The van der Waals surface area contributed by atoms with Crippen LogP contribution >= 0.6 is 0 Å². The van der Waals surface area contributed by atoms with E-state index in [1.54, 1.807) is 0 Å². The first kappa shape index (κ1) is 32.6. The number of benzene rings is 7. The Labute approximate surface area is 296 Å².